The number of nitrogens with zero attached hydrogens (tertiary/aromatic N) is 1. The molecule has 0 saturated heterocycles. The first kappa shape index (κ1) is 25.2. The second-order valence-corrected chi connectivity index (χ2v) is 6.20. The highest BCUT2D eigenvalue weighted by Crippen LogP contribution is 2.29. The number of benzene rings is 2. The van der Waals surface area contributed by atoms with E-state index in [-0.39, 0.29) is 34.1 Å². The number of halogens is 5. The summed E-state index contributed by atoms with van der Waals surface area (Å²) in [5.74, 6) is -2.14. The number of anilines is 1. The molecule has 0 unspecified atom stereocenters. The highest BCUT2D eigenvalue weighted by molar-refractivity contribution is 5.99. The minimum atomic E-state index is -4.59. The van der Waals surface area contributed by atoms with Gasteiger partial charge in [0.2, 0.25) is 5.91 Å². The molecule has 0 atom stereocenters. The van der Waals surface area contributed by atoms with Crippen LogP contribution in [0.1, 0.15) is 15.9 Å². The van der Waals surface area contributed by atoms with Crippen LogP contribution in [-0.2, 0) is 4.79 Å². The van der Waals surface area contributed by atoms with Crippen molar-refractivity contribution < 1.29 is 45.8 Å². The van der Waals surface area contributed by atoms with Crippen molar-refractivity contribution >= 4 is 17.5 Å². The molecule has 0 aromatic heterocycles. The van der Waals surface area contributed by atoms with Gasteiger partial charge in [0.15, 0.2) is 18.1 Å². The monoisotopic (exact) mass is 473 g/mol. The molecule has 2 N–H and O–H groups in total. The van der Waals surface area contributed by atoms with E-state index in [2.05, 4.69) is 20.1 Å². The third-order valence-electron chi connectivity index (χ3n) is 3.83. The van der Waals surface area contributed by atoms with E-state index in [1.807, 2.05) is 0 Å². The van der Waals surface area contributed by atoms with Gasteiger partial charge in [0.1, 0.15) is 11.8 Å². The van der Waals surface area contributed by atoms with Crippen molar-refractivity contribution in [1.82, 2.24) is 5.32 Å². The lowest BCUT2D eigenvalue weighted by Gasteiger charge is -2.13. The third-order valence-corrected chi connectivity index (χ3v) is 3.83. The van der Waals surface area contributed by atoms with Crippen molar-refractivity contribution in [2.75, 3.05) is 25.6 Å². The molecule has 0 radical (unpaired) electrons. The Bertz CT molecular complexity index is 1050. The van der Waals surface area contributed by atoms with Crippen molar-refractivity contribution in [3.8, 4) is 23.3 Å². The maximum atomic E-state index is 12.4. The van der Waals surface area contributed by atoms with Crippen molar-refractivity contribution in [3.63, 3.8) is 0 Å². The zero-order chi connectivity index (χ0) is 24.6. The number of amides is 2. The molecule has 0 aliphatic rings. The van der Waals surface area contributed by atoms with Gasteiger partial charge in [-0.3, -0.25) is 9.59 Å². The minimum Gasteiger partial charge on any atom is -0.493 e. The predicted molar refractivity (Wildman–Crippen MR) is 103 cm³/mol. The van der Waals surface area contributed by atoms with E-state index in [0.29, 0.717) is 0 Å². The number of rotatable bonds is 9. The van der Waals surface area contributed by atoms with Crippen LogP contribution >= 0.6 is 0 Å². The predicted octanol–water partition coefficient (Wildman–Crippen LogP) is 3.48. The Morgan fingerprint density at radius 1 is 1.09 bits per heavy atom. The van der Waals surface area contributed by atoms with Gasteiger partial charge in [-0.05, 0) is 36.4 Å². The van der Waals surface area contributed by atoms with Crippen molar-refractivity contribution in [1.29, 1.82) is 5.26 Å². The van der Waals surface area contributed by atoms with Gasteiger partial charge in [0, 0.05) is 11.3 Å². The summed E-state index contributed by atoms with van der Waals surface area (Å²) in [6.45, 7) is -5.18. The fourth-order valence-electron chi connectivity index (χ4n) is 2.45. The standard InChI is InChI=1S/C20H16F5N3O5/c1-31-16-7-11(2-4-15(16)33-19(21)22)18(30)27-9-17(29)28-13-3-5-14(12(6-13)8-26)32-10-20(23,24)25/h2-7,19H,9-10H2,1H3,(H,27,30)(H,28,29). The molecule has 0 heterocycles. The first-order chi connectivity index (χ1) is 15.5. The Kier molecular flexibility index (Phi) is 8.38. The average Bonchev–Trinajstić information content (AvgIpc) is 2.75. The topological polar surface area (TPSA) is 110 Å². The van der Waals surface area contributed by atoms with Crippen LogP contribution < -0.4 is 24.8 Å². The number of methoxy groups -OCH3 is 1. The van der Waals surface area contributed by atoms with E-state index in [1.165, 1.54) is 19.2 Å². The highest BCUT2D eigenvalue weighted by Gasteiger charge is 2.29. The second-order valence-electron chi connectivity index (χ2n) is 6.20. The summed E-state index contributed by atoms with van der Waals surface area (Å²) < 4.78 is 75.2. The van der Waals surface area contributed by atoms with Gasteiger partial charge in [-0.1, -0.05) is 0 Å². The van der Waals surface area contributed by atoms with E-state index >= 15 is 0 Å². The lowest BCUT2D eigenvalue weighted by atomic mass is 10.2. The number of nitrogens with one attached hydrogen (secondary N) is 2. The van der Waals surface area contributed by atoms with Crippen LogP contribution in [0.5, 0.6) is 17.2 Å². The van der Waals surface area contributed by atoms with Gasteiger partial charge in [-0.15, -0.1) is 0 Å². The number of carbonyl (C=O) groups excluding carboxylic acids is 2. The Labute approximate surface area is 183 Å². The molecule has 0 aliphatic heterocycles. The Balaban J connectivity index is 1.97. The van der Waals surface area contributed by atoms with Gasteiger partial charge in [-0.25, -0.2) is 0 Å². The van der Waals surface area contributed by atoms with E-state index in [0.717, 1.165) is 24.3 Å². The largest absolute Gasteiger partial charge is 0.493 e. The quantitative estimate of drug-likeness (QED) is 0.540. The summed E-state index contributed by atoms with van der Waals surface area (Å²) in [4.78, 5) is 24.3. The molecular weight excluding hydrogens is 457 g/mol. The zero-order valence-corrected chi connectivity index (χ0v) is 16.8. The van der Waals surface area contributed by atoms with Crippen LogP contribution in [0.25, 0.3) is 0 Å². The Morgan fingerprint density at radius 3 is 2.39 bits per heavy atom. The average molecular weight is 473 g/mol. The van der Waals surface area contributed by atoms with Crippen molar-refractivity contribution in [2.24, 2.45) is 0 Å². The molecule has 2 aromatic carbocycles. The number of hydrogen-bond donors (Lipinski definition) is 2. The Morgan fingerprint density at radius 2 is 1.79 bits per heavy atom. The van der Waals surface area contributed by atoms with Crippen LogP contribution in [0.15, 0.2) is 36.4 Å². The smallest absolute Gasteiger partial charge is 0.422 e. The molecule has 8 nitrogen and oxygen atoms in total. The minimum absolute atomic E-state index is 0.000741. The molecule has 2 amide bonds. The maximum absolute atomic E-state index is 12.4. The number of hydrogen-bond acceptors (Lipinski definition) is 6. The van der Waals surface area contributed by atoms with Crippen molar-refractivity contribution in [2.45, 2.75) is 12.8 Å². The molecule has 2 aromatic rings. The molecule has 0 saturated carbocycles. The fourth-order valence-corrected chi connectivity index (χ4v) is 2.45. The summed E-state index contributed by atoms with van der Waals surface area (Å²) >= 11 is 0. The molecule has 13 heteroatoms. The molecule has 0 aliphatic carbocycles. The van der Waals surface area contributed by atoms with Crippen LogP contribution in [0.2, 0.25) is 0 Å². The lowest BCUT2D eigenvalue weighted by Crippen LogP contribution is -2.32. The highest BCUT2D eigenvalue weighted by atomic mass is 19.4. The molecular formula is C20H16F5N3O5. The van der Waals surface area contributed by atoms with Crippen LogP contribution in [0.3, 0.4) is 0 Å². The third kappa shape index (κ3) is 7.84. The van der Waals surface area contributed by atoms with Gasteiger partial charge >= 0.3 is 12.8 Å². The van der Waals surface area contributed by atoms with E-state index < -0.39 is 37.8 Å². The van der Waals surface area contributed by atoms with Crippen molar-refractivity contribution in [3.05, 3.63) is 47.5 Å². The molecule has 33 heavy (non-hydrogen) atoms. The number of carbonyl (C=O) groups is 2. The van der Waals surface area contributed by atoms with E-state index in [4.69, 9.17) is 10.00 Å². The summed E-state index contributed by atoms with van der Waals surface area (Å²) in [5.41, 5.74) is -0.154. The van der Waals surface area contributed by atoms with Crippen LogP contribution in [0, 0.1) is 11.3 Å². The maximum Gasteiger partial charge on any atom is 0.422 e. The van der Waals surface area contributed by atoms with E-state index in [9.17, 15) is 31.5 Å². The fraction of sp³-hybridized carbons (Fsp3) is 0.250. The normalized spacial score (nSPS) is 10.8. The summed E-state index contributed by atoms with van der Waals surface area (Å²) in [6.07, 6.45) is -4.59. The second kappa shape index (κ2) is 11.0. The number of alkyl halides is 5. The summed E-state index contributed by atoms with van der Waals surface area (Å²) in [6, 6.07) is 8.52. The van der Waals surface area contributed by atoms with E-state index in [1.54, 1.807) is 6.07 Å². The van der Waals surface area contributed by atoms with Gasteiger partial charge in [0.05, 0.1) is 19.2 Å². The first-order valence-electron chi connectivity index (χ1n) is 8.97. The Hall–Kier alpha value is -4.08. The number of ether oxygens (including phenoxy) is 3. The van der Waals surface area contributed by atoms with Crippen LogP contribution in [-0.4, -0.2) is 44.9 Å². The SMILES string of the molecule is COc1cc(C(=O)NCC(=O)Nc2ccc(OCC(F)(F)F)c(C#N)c2)ccc1OC(F)F. The summed E-state index contributed by atoms with van der Waals surface area (Å²) in [5, 5.41) is 13.7. The molecule has 0 fully saturated rings. The zero-order valence-electron chi connectivity index (χ0n) is 16.8. The van der Waals surface area contributed by atoms with Crippen LogP contribution in [0.4, 0.5) is 27.6 Å². The first-order valence-corrected chi connectivity index (χ1v) is 8.97. The van der Waals surface area contributed by atoms with Gasteiger partial charge in [-0.2, -0.15) is 27.2 Å². The lowest BCUT2D eigenvalue weighted by molar-refractivity contribution is -0.153. The molecule has 176 valence electrons. The molecule has 0 bridgehead atoms. The molecule has 2 rings (SSSR count). The number of nitriles is 1. The van der Waals surface area contributed by atoms with Gasteiger partial charge < -0.3 is 24.8 Å². The van der Waals surface area contributed by atoms with Gasteiger partial charge in [0.25, 0.3) is 5.91 Å². The molecule has 0 spiro atoms. The summed E-state index contributed by atoms with van der Waals surface area (Å²) in [7, 11) is 1.19.